The zero-order valence-corrected chi connectivity index (χ0v) is 15.9. The highest BCUT2D eigenvalue weighted by molar-refractivity contribution is 7.99. The summed E-state index contributed by atoms with van der Waals surface area (Å²) in [5.41, 5.74) is 0.626. The number of benzene rings is 1. The lowest BCUT2D eigenvalue weighted by Gasteiger charge is -2.19. The van der Waals surface area contributed by atoms with Crippen molar-refractivity contribution in [1.29, 1.82) is 5.26 Å². The van der Waals surface area contributed by atoms with Crippen LogP contribution < -0.4 is 5.32 Å². The SMILES string of the molecule is CC(C)(O)c1ccc2nccc(C(=O)NCC(=O)N3CSC[C@H]3C#N)c2c1. The third-order valence-corrected chi connectivity index (χ3v) is 5.46. The van der Waals surface area contributed by atoms with Crippen molar-refractivity contribution in [2.45, 2.75) is 25.5 Å². The van der Waals surface area contributed by atoms with Crippen molar-refractivity contribution >= 4 is 34.5 Å². The van der Waals surface area contributed by atoms with Crippen LogP contribution in [0.1, 0.15) is 29.8 Å². The number of nitrogens with zero attached hydrogens (tertiary/aromatic N) is 3. The molecule has 0 unspecified atom stereocenters. The van der Waals surface area contributed by atoms with Gasteiger partial charge in [0, 0.05) is 17.3 Å². The highest BCUT2D eigenvalue weighted by Gasteiger charge is 2.29. The predicted octanol–water partition coefficient (Wildman–Crippen LogP) is 1.62. The predicted molar refractivity (Wildman–Crippen MR) is 103 cm³/mol. The standard InChI is InChI=1S/C19H20N4O3S/c1-19(2,26)12-3-4-16-15(7-12)14(5-6-21-16)18(25)22-9-17(24)23-11-27-10-13(23)8-20/h3-7,13,26H,9-11H2,1-2H3,(H,22,25)/t13-/m1/s1. The molecule has 0 radical (unpaired) electrons. The molecule has 1 aliphatic heterocycles. The van der Waals surface area contributed by atoms with Crippen LogP contribution in [-0.4, -0.2) is 51.0 Å². The van der Waals surface area contributed by atoms with E-state index in [2.05, 4.69) is 16.4 Å². The van der Waals surface area contributed by atoms with Crippen molar-refractivity contribution in [3.05, 3.63) is 41.6 Å². The maximum atomic E-state index is 12.6. The number of amides is 2. The maximum Gasteiger partial charge on any atom is 0.252 e. The van der Waals surface area contributed by atoms with E-state index in [0.29, 0.717) is 33.7 Å². The molecule has 1 aromatic heterocycles. The molecule has 1 fully saturated rings. The van der Waals surface area contributed by atoms with Crippen LogP contribution in [0, 0.1) is 11.3 Å². The molecular formula is C19H20N4O3S. The Balaban J connectivity index is 1.79. The number of pyridine rings is 1. The summed E-state index contributed by atoms with van der Waals surface area (Å²) in [6.07, 6.45) is 1.53. The number of rotatable bonds is 4. The van der Waals surface area contributed by atoms with Gasteiger partial charge in [0.1, 0.15) is 6.04 Å². The summed E-state index contributed by atoms with van der Waals surface area (Å²) in [5, 5.41) is 22.5. The van der Waals surface area contributed by atoms with Gasteiger partial charge in [-0.15, -0.1) is 11.8 Å². The van der Waals surface area contributed by atoms with Gasteiger partial charge in [-0.3, -0.25) is 14.6 Å². The zero-order chi connectivity index (χ0) is 19.6. The fourth-order valence-corrected chi connectivity index (χ4v) is 3.98. The molecule has 1 atom stereocenters. The van der Waals surface area contributed by atoms with E-state index in [1.54, 1.807) is 38.1 Å². The van der Waals surface area contributed by atoms with Gasteiger partial charge in [0.2, 0.25) is 5.91 Å². The van der Waals surface area contributed by atoms with Gasteiger partial charge in [-0.1, -0.05) is 6.07 Å². The fraction of sp³-hybridized carbons (Fsp3) is 0.368. The highest BCUT2D eigenvalue weighted by Crippen LogP contribution is 2.25. The summed E-state index contributed by atoms with van der Waals surface area (Å²) in [5.74, 6) is 0.366. The van der Waals surface area contributed by atoms with E-state index in [1.807, 2.05) is 0 Å². The maximum absolute atomic E-state index is 12.6. The van der Waals surface area contributed by atoms with Gasteiger partial charge >= 0.3 is 0 Å². The van der Waals surface area contributed by atoms with Crippen LogP contribution in [0.4, 0.5) is 0 Å². The number of carbonyl (C=O) groups excluding carboxylic acids is 2. The third-order valence-electron chi connectivity index (χ3n) is 4.44. The van der Waals surface area contributed by atoms with Gasteiger partial charge < -0.3 is 15.3 Å². The molecule has 140 valence electrons. The number of hydrogen-bond donors (Lipinski definition) is 2. The Morgan fingerprint density at radius 1 is 1.44 bits per heavy atom. The molecular weight excluding hydrogens is 364 g/mol. The molecule has 3 rings (SSSR count). The summed E-state index contributed by atoms with van der Waals surface area (Å²) < 4.78 is 0. The topological polar surface area (TPSA) is 106 Å². The van der Waals surface area contributed by atoms with E-state index in [4.69, 9.17) is 5.26 Å². The lowest BCUT2D eigenvalue weighted by atomic mass is 9.95. The number of carbonyl (C=O) groups is 2. The Labute approximate surface area is 161 Å². The summed E-state index contributed by atoms with van der Waals surface area (Å²) in [6, 6.07) is 8.50. The van der Waals surface area contributed by atoms with Crippen molar-refractivity contribution < 1.29 is 14.7 Å². The molecule has 2 amide bonds. The Kier molecular flexibility index (Phi) is 5.35. The molecule has 0 bridgehead atoms. The number of nitrogens with one attached hydrogen (secondary N) is 1. The third kappa shape index (κ3) is 4.04. The second-order valence-electron chi connectivity index (χ2n) is 6.84. The van der Waals surface area contributed by atoms with Gasteiger partial charge in [0.05, 0.1) is 35.2 Å². The molecule has 27 heavy (non-hydrogen) atoms. The average molecular weight is 384 g/mol. The van der Waals surface area contributed by atoms with Gasteiger partial charge in [0.25, 0.3) is 5.91 Å². The normalized spacial score (nSPS) is 17.0. The average Bonchev–Trinajstić information content (AvgIpc) is 3.13. The van der Waals surface area contributed by atoms with Crippen LogP contribution in [-0.2, 0) is 10.4 Å². The lowest BCUT2D eigenvalue weighted by molar-refractivity contribution is -0.129. The van der Waals surface area contributed by atoms with E-state index in [1.165, 1.54) is 22.9 Å². The molecule has 8 heteroatoms. The Bertz CT molecular complexity index is 933. The van der Waals surface area contributed by atoms with Crippen LogP contribution >= 0.6 is 11.8 Å². The summed E-state index contributed by atoms with van der Waals surface area (Å²) in [7, 11) is 0. The Morgan fingerprint density at radius 3 is 2.93 bits per heavy atom. The van der Waals surface area contributed by atoms with E-state index < -0.39 is 17.6 Å². The van der Waals surface area contributed by atoms with Crippen LogP contribution in [0.25, 0.3) is 10.9 Å². The first-order valence-corrected chi connectivity index (χ1v) is 9.63. The number of nitriles is 1. The quantitative estimate of drug-likeness (QED) is 0.830. The number of hydrogen-bond acceptors (Lipinski definition) is 6. The molecule has 1 saturated heterocycles. The van der Waals surface area contributed by atoms with Crippen molar-refractivity contribution in [2.75, 3.05) is 18.2 Å². The van der Waals surface area contributed by atoms with Gasteiger partial charge in [-0.2, -0.15) is 5.26 Å². The van der Waals surface area contributed by atoms with Gasteiger partial charge in [-0.25, -0.2) is 0 Å². The number of aliphatic hydroxyl groups is 1. The first kappa shape index (κ1) is 19.1. The highest BCUT2D eigenvalue weighted by atomic mass is 32.2. The van der Waals surface area contributed by atoms with E-state index in [0.717, 1.165) is 0 Å². The Hall–Kier alpha value is -2.63. The fourth-order valence-electron chi connectivity index (χ4n) is 2.87. The minimum atomic E-state index is -1.05. The van der Waals surface area contributed by atoms with Crippen LogP contribution in [0.15, 0.2) is 30.5 Å². The number of fused-ring (bicyclic) bond motifs is 1. The summed E-state index contributed by atoms with van der Waals surface area (Å²) >= 11 is 1.52. The smallest absolute Gasteiger partial charge is 0.252 e. The molecule has 1 aromatic carbocycles. The molecule has 0 spiro atoms. The van der Waals surface area contributed by atoms with Crippen molar-refractivity contribution in [1.82, 2.24) is 15.2 Å². The molecule has 0 saturated carbocycles. The van der Waals surface area contributed by atoms with Crippen LogP contribution in [0.2, 0.25) is 0 Å². The van der Waals surface area contributed by atoms with E-state index in [-0.39, 0.29) is 12.5 Å². The summed E-state index contributed by atoms with van der Waals surface area (Å²) in [6.45, 7) is 3.16. The first-order chi connectivity index (χ1) is 12.8. The van der Waals surface area contributed by atoms with Gasteiger partial charge in [-0.05, 0) is 37.6 Å². The van der Waals surface area contributed by atoms with Crippen molar-refractivity contribution in [2.24, 2.45) is 0 Å². The van der Waals surface area contributed by atoms with Crippen LogP contribution in [0.3, 0.4) is 0 Å². The molecule has 2 heterocycles. The monoisotopic (exact) mass is 384 g/mol. The molecule has 2 N–H and O–H groups in total. The van der Waals surface area contributed by atoms with Crippen molar-refractivity contribution in [3.8, 4) is 6.07 Å². The number of aromatic nitrogens is 1. The first-order valence-electron chi connectivity index (χ1n) is 8.48. The largest absolute Gasteiger partial charge is 0.386 e. The molecule has 0 aliphatic carbocycles. The van der Waals surface area contributed by atoms with Crippen LogP contribution in [0.5, 0.6) is 0 Å². The minimum Gasteiger partial charge on any atom is -0.386 e. The van der Waals surface area contributed by atoms with Crippen molar-refractivity contribution in [3.63, 3.8) is 0 Å². The molecule has 2 aromatic rings. The number of thioether (sulfide) groups is 1. The van der Waals surface area contributed by atoms with Gasteiger partial charge in [0.15, 0.2) is 0 Å². The van der Waals surface area contributed by atoms with E-state index >= 15 is 0 Å². The molecule has 7 nitrogen and oxygen atoms in total. The minimum absolute atomic E-state index is 0.174. The lowest BCUT2D eigenvalue weighted by Crippen LogP contribution is -2.42. The second kappa shape index (κ2) is 7.55. The Morgan fingerprint density at radius 2 is 2.22 bits per heavy atom. The zero-order valence-electron chi connectivity index (χ0n) is 15.1. The second-order valence-corrected chi connectivity index (χ2v) is 7.84. The molecule has 1 aliphatic rings. The summed E-state index contributed by atoms with van der Waals surface area (Å²) in [4.78, 5) is 30.7. The van der Waals surface area contributed by atoms with E-state index in [9.17, 15) is 14.7 Å².